The minimum Gasteiger partial charge on any atom is -0.497 e. The van der Waals surface area contributed by atoms with E-state index in [4.69, 9.17) is 14.6 Å². The predicted octanol–water partition coefficient (Wildman–Crippen LogP) is 2.99. The van der Waals surface area contributed by atoms with Gasteiger partial charge in [0.15, 0.2) is 0 Å². The van der Waals surface area contributed by atoms with E-state index in [2.05, 4.69) is 0 Å². The summed E-state index contributed by atoms with van der Waals surface area (Å²) in [5.41, 5.74) is 0.861. The van der Waals surface area contributed by atoms with Crippen molar-refractivity contribution in [3.05, 3.63) is 60.3 Å². The van der Waals surface area contributed by atoms with E-state index >= 15 is 0 Å². The topological polar surface area (TPSA) is 94.8 Å². The molecule has 0 radical (unpaired) electrons. The van der Waals surface area contributed by atoms with Gasteiger partial charge in [-0.3, -0.25) is 0 Å². The number of carbonyl (C=O) groups is 1. The molecule has 0 unspecified atom stereocenters. The molecule has 0 saturated heterocycles. The van der Waals surface area contributed by atoms with Gasteiger partial charge in [-0.05, 0) is 48.5 Å². The molecule has 0 aliphatic heterocycles. The Hall–Kier alpha value is -3.26. The molecule has 0 atom stereocenters. The van der Waals surface area contributed by atoms with Crippen molar-refractivity contribution >= 4 is 33.0 Å². The van der Waals surface area contributed by atoms with Crippen LogP contribution in [0.15, 0.2) is 59.6 Å². The number of nitrogens with zero attached hydrogens (tertiary/aromatic N) is 1. The maximum atomic E-state index is 13.1. The summed E-state index contributed by atoms with van der Waals surface area (Å²) in [4.78, 5) is 11.0. The Balaban J connectivity index is 2.22. The summed E-state index contributed by atoms with van der Waals surface area (Å²) in [6.45, 7) is 0. The van der Waals surface area contributed by atoms with E-state index in [1.165, 1.54) is 38.6 Å². The minimum atomic E-state index is -3.89. The van der Waals surface area contributed by atoms with Crippen molar-refractivity contribution in [3.63, 3.8) is 0 Å². The third kappa shape index (κ3) is 3.52. The first-order chi connectivity index (χ1) is 12.9. The van der Waals surface area contributed by atoms with Gasteiger partial charge in [0, 0.05) is 23.2 Å². The van der Waals surface area contributed by atoms with Crippen molar-refractivity contribution in [2.75, 3.05) is 14.2 Å². The van der Waals surface area contributed by atoms with Crippen molar-refractivity contribution < 1.29 is 27.8 Å². The quantitative estimate of drug-likeness (QED) is 0.654. The zero-order valence-corrected chi connectivity index (χ0v) is 15.4. The average Bonchev–Trinajstić information content (AvgIpc) is 3.05. The van der Waals surface area contributed by atoms with E-state index in [9.17, 15) is 13.2 Å². The molecule has 0 aliphatic carbocycles. The van der Waals surface area contributed by atoms with Crippen LogP contribution in [-0.4, -0.2) is 37.7 Å². The van der Waals surface area contributed by atoms with E-state index in [0.29, 0.717) is 28.0 Å². The van der Waals surface area contributed by atoms with Crippen LogP contribution in [0.4, 0.5) is 0 Å². The fourth-order valence-electron chi connectivity index (χ4n) is 2.68. The fourth-order valence-corrected chi connectivity index (χ4v) is 4.06. The van der Waals surface area contributed by atoms with Crippen LogP contribution >= 0.6 is 0 Å². The van der Waals surface area contributed by atoms with E-state index in [1.807, 2.05) is 0 Å². The third-order valence-electron chi connectivity index (χ3n) is 4.03. The summed E-state index contributed by atoms with van der Waals surface area (Å²) in [6.07, 6.45) is 3.70. The summed E-state index contributed by atoms with van der Waals surface area (Å²) in [5, 5.41) is 9.45. The highest BCUT2D eigenvalue weighted by Gasteiger charge is 2.21. The molecule has 3 aromatic rings. The molecule has 0 spiro atoms. The highest BCUT2D eigenvalue weighted by Crippen LogP contribution is 2.30. The summed E-state index contributed by atoms with van der Waals surface area (Å²) in [7, 11) is -0.892. The van der Waals surface area contributed by atoms with E-state index in [1.54, 1.807) is 30.3 Å². The average molecular weight is 387 g/mol. The van der Waals surface area contributed by atoms with Crippen LogP contribution in [0.2, 0.25) is 0 Å². The molecule has 1 aromatic heterocycles. The number of rotatable bonds is 6. The second-order valence-electron chi connectivity index (χ2n) is 5.62. The van der Waals surface area contributed by atoms with Crippen molar-refractivity contribution in [1.82, 2.24) is 3.97 Å². The fraction of sp³-hybridized carbons (Fsp3) is 0.105. The molecule has 0 amide bonds. The van der Waals surface area contributed by atoms with Crippen LogP contribution in [0.25, 0.3) is 17.0 Å². The maximum Gasteiger partial charge on any atom is 0.328 e. The Labute approximate surface area is 156 Å². The number of carboxylic acids is 1. The Kier molecular flexibility index (Phi) is 4.91. The molecule has 7 nitrogen and oxygen atoms in total. The lowest BCUT2D eigenvalue weighted by molar-refractivity contribution is -0.131. The third-order valence-corrected chi connectivity index (χ3v) is 5.72. The number of benzene rings is 2. The monoisotopic (exact) mass is 387 g/mol. The SMILES string of the molecule is COc1ccc(S(=O)(=O)n2cc(/C=C\C(=O)O)c3cc(OC)ccc32)cc1. The van der Waals surface area contributed by atoms with Gasteiger partial charge in [0.1, 0.15) is 11.5 Å². The van der Waals surface area contributed by atoms with Crippen LogP contribution in [0.1, 0.15) is 5.56 Å². The molecule has 0 bridgehead atoms. The molecule has 27 heavy (non-hydrogen) atoms. The second kappa shape index (κ2) is 7.16. The molecule has 0 saturated carbocycles. The molecule has 1 N–H and O–H groups in total. The number of methoxy groups -OCH3 is 2. The Morgan fingerprint density at radius 2 is 1.67 bits per heavy atom. The van der Waals surface area contributed by atoms with Crippen LogP contribution < -0.4 is 9.47 Å². The molecule has 2 aromatic carbocycles. The van der Waals surface area contributed by atoms with E-state index in [-0.39, 0.29) is 4.90 Å². The molecular formula is C19H17NO6S. The zero-order chi connectivity index (χ0) is 19.6. The van der Waals surface area contributed by atoms with Gasteiger partial charge in [-0.15, -0.1) is 0 Å². The van der Waals surface area contributed by atoms with Gasteiger partial charge in [0.05, 0.1) is 24.6 Å². The first-order valence-corrected chi connectivity index (χ1v) is 9.30. The molecular weight excluding hydrogens is 370 g/mol. The summed E-state index contributed by atoms with van der Waals surface area (Å²) in [5.74, 6) is -0.0509. The lowest BCUT2D eigenvalue weighted by Gasteiger charge is -2.08. The molecule has 140 valence electrons. The van der Waals surface area contributed by atoms with Gasteiger partial charge >= 0.3 is 5.97 Å². The Bertz CT molecular complexity index is 1130. The van der Waals surface area contributed by atoms with Gasteiger partial charge in [-0.25, -0.2) is 17.2 Å². The number of ether oxygens (including phenoxy) is 2. The largest absolute Gasteiger partial charge is 0.497 e. The van der Waals surface area contributed by atoms with Gasteiger partial charge in [0.25, 0.3) is 10.0 Å². The molecule has 3 rings (SSSR count). The van der Waals surface area contributed by atoms with Crippen LogP contribution in [0.3, 0.4) is 0 Å². The highest BCUT2D eigenvalue weighted by molar-refractivity contribution is 7.90. The Morgan fingerprint density at radius 1 is 1.04 bits per heavy atom. The zero-order valence-electron chi connectivity index (χ0n) is 14.6. The van der Waals surface area contributed by atoms with Crippen molar-refractivity contribution in [1.29, 1.82) is 0 Å². The van der Waals surface area contributed by atoms with E-state index < -0.39 is 16.0 Å². The first-order valence-electron chi connectivity index (χ1n) is 7.86. The van der Waals surface area contributed by atoms with Gasteiger partial charge < -0.3 is 14.6 Å². The number of hydrogen-bond donors (Lipinski definition) is 1. The number of fused-ring (bicyclic) bond motifs is 1. The lowest BCUT2D eigenvalue weighted by atomic mass is 10.1. The number of aliphatic carboxylic acids is 1. The van der Waals surface area contributed by atoms with Crippen molar-refractivity contribution in [2.24, 2.45) is 0 Å². The van der Waals surface area contributed by atoms with E-state index in [0.717, 1.165) is 10.0 Å². The summed E-state index contributed by atoms with van der Waals surface area (Å²) >= 11 is 0. The van der Waals surface area contributed by atoms with Crippen molar-refractivity contribution in [2.45, 2.75) is 4.90 Å². The Morgan fingerprint density at radius 3 is 2.26 bits per heavy atom. The first kappa shape index (κ1) is 18.5. The standard InChI is InChI=1S/C19H17NO6S/c1-25-14-4-7-16(8-5-14)27(23,24)20-12-13(3-10-19(21)22)17-11-15(26-2)6-9-18(17)20/h3-12H,1-2H3,(H,21,22)/b10-3-. The van der Waals surface area contributed by atoms with Gasteiger partial charge in [-0.2, -0.15) is 0 Å². The molecule has 1 heterocycles. The highest BCUT2D eigenvalue weighted by atomic mass is 32.2. The predicted molar refractivity (Wildman–Crippen MR) is 101 cm³/mol. The normalized spacial score (nSPS) is 11.8. The van der Waals surface area contributed by atoms with Crippen molar-refractivity contribution in [3.8, 4) is 11.5 Å². The van der Waals surface area contributed by atoms with Gasteiger partial charge in [0.2, 0.25) is 0 Å². The molecule has 0 fully saturated rings. The van der Waals surface area contributed by atoms with Crippen LogP contribution in [0, 0.1) is 0 Å². The number of hydrogen-bond acceptors (Lipinski definition) is 5. The maximum absolute atomic E-state index is 13.1. The summed E-state index contributed by atoms with van der Waals surface area (Å²) < 4.78 is 37.6. The van der Waals surface area contributed by atoms with Crippen LogP contribution in [0.5, 0.6) is 11.5 Å². The van der Waals surface area contributed by atoms with Crippen LogP contribution in [-0.2, 0) is 14.8 Å². The minimum absolute atomic E-state index is 0.0878. The number of carboxylic acid groups (broad SMARTS) is 1. The summed E-state index contributed by atoms with van der Waals surface area (Å²) in [6, 6.07) is 11.0. The second-order valence-corrected chi connectivity index (χ2v) is 7.43. The molecule has 0 aliphatic rings. The smallest absolute Gasteiger partial charge is 0.328 e. The van der Waals surface area contributed by atoms with Gasteiger partial charge in [-0.1, -0.05) is 0 Å². The number of aromatic nitrogens is 1. The lowest BCUT2D eigenvalue weighted by Crippen LogP contribution is -2.11. The molecule has 8 heteroatoms.